The van der Waals surface area contributed by atoms with Gasteiger partial charge in [0, 0.05) is 5.56 Å². The van der Waals surface area contributed by atoms with Crippen LogP contribution in [0.5, 0.6) is 5.75 Å². The number of rotatable bonds is 4. The number of aromatic nitrogens is 1. The number of thiazole rings is 1. The normalized spacial score (nSPS) is 17.5. The summed E-state index contributed by atoms with van der Waals surface area (Å²) in [5.74, 6) is -1.86. The van der Waals surface area contributed by atoms with Crippen LogP contribution < -0.4 is 9.64 Å². The van der Waals surface area contributed by atoms with Crippen LogP contribution in [0.4, 0.5) is 9.52 Å². The summed E-state index contributed by atoms with van der Waals surface area (Å²) in [4.78, 5) is 32.7. The molecule has 188 valence electrons. The number of hydrogen-bond donors (Lipinski definition) is 1. The van der Waals surface area contributed by atoms with Crippen molar-refractivity contribution in [1.82, 2.24) is 4.98 Å². The van der Waals surface area contributed by atoms with Gasteiger partial charge in [-0.3, -0.25) is 14.5 Å². The highest BCUT2D eigenvalue weighted by Crippen LogP contribution is 2.44. The molecule has 0 bridgehead atoms. The molecule has 3 aromatic carbocycles. The second-order valence-corrected chi connectivity index (χ2v) is 10.9. The van der Waals surface area contributed by atoms with Crippen molar-refractivity contribution in [1.29, 1.82) is 0 Å². The predicted octanol–water partition coefficient (Wildman–Crippen LogP) is 6.37. The Morgan fingerprint density at radius 2 is 1.78 bits per heavy atom. The van der Waals surface area contributed by atoms with Gasteiger partial charge in [0.25, 0.3) is 5.78 Å². The molecule has 0 aliphatic carbocycles. The largest absolute Gasteiger partial charge is 0.507 e. The van der Waals surface area contributed by atoms with Gasteiger partial charge in [-0.05, 0) is 46.9 Å². The minimum Gasteiger partial charge on any atom is -0.507 e. The number of fused-ring (bicyclic) bond motifs is 1. The van der Waals surface area contributed by atoms with Crippen LogP contribution in [0.2, 0.25) is 0 Å². The first-order valence-electron chi connectivity index (χ1n) is 11.7. The number of anilines is 1. The van der Waals surface area contributed by atoms with Crippen molar-refractivity contribution in [3.63, 3.8) is 0 Å². The van der Waals surface area contributed by atoms with Gasteiger partial charge >= 0.3 is 5.91 Å². The second-order valence-electron chi connectivity index (χ2n) is 9.88. The van der Waals surface area contributed by atoms with Gasteiger partial charge in [-0.2, -0.15) is 0 Å². The number of nitrogens with zero attached hydrogens (tertiary/aromatic N) is 2. The first-order valence-corrected chi connectivity index (χ1v) is 12.5. The Balaban J connectivity index is 1.72. The summed E-state index contributed by atoms with van der Waals surface area (Å²) >= 11 is 1.11. The molecule has 1 aliphatic heterocycles. The van der Waals surface area contributed by atoms with Gasteiger partial charge in [0.1, 0.15) is 17.3 Å². The highest BCUT2D eigenvalue weighted by molar-refractivity contribution is 7.22. The van der Waals surface area contributed by atoms with E-state index in [0.29, 0.717) is 27.1 Å². The minimum atomic E-state index is -0.925. The molecule has 2 heterocycles. The average molecular weight is 517 g/mol. The lowest BCUT2D eigenvalue weighted by Gasteiger charge is -2.24. The summed E-state index contributed by atoms with van der Waals surface area (Å²) < 4.78 is 19.7. The lowest BCUT2D eigenvalue weighted by Crippen LogP contribution is -2.29. The number of aliphatic hydroxyl groups is 1. The first-order chi connectivity index (χ1) is 17.6. The maximum absolute atomic E-state index is 13.8. The van der Waals surface area contributed by atoms with E-state index in [-0.39, 0.29) is 21.9 Å². The zero-order valence-corrected chi connectivity index (χ0v) is 21.6. The van der Waals surface area contributed by atoms with Gasteiger partial charge in [0.2, 0.25) is 0 Å². The van der Waals surface area contributed by atoms with E-state index in [1.54, 1.807) is 24.3 Å². The van der Waals surface area contributed by atoms with Crippen LogP contribution in [-0.2, 0) is 15.0 Å². The Labute approximate surface area is 217 Å². The van der Waals surface area contributed by atoms with Crippen molar-refractivity contribution in [3.8, 4) is 5.75 Å². The number of ketones is 1. The molecule has 1 N–H and O–H groups in total. The number of amides is 1. The number of carbonyl (C=O) groups is 2. The number of aliphatic hydroxyl groups excluding tert-OH is 1. The van der Waals surface area contributed by atoms with Crippen LogP contribution in [0, 0.1) is 5.82 Å². The summed E-state index contributed by atoms with van der Waals surface area (Å²) in [5, 5.41) is 11.6. The van der Waals surface area contributed by atoms with Gasteiger partial charge in [-0.1, -0.05) is 68.5 Å². The van der Waals surface area contributed by atoms with Crippen LogP contribution in [0.15, 0.2) is 72.3 Å². The third-order valence-electron chi connectivity index (χ3n) is 6.43. The van der Waals surface area contributed by atoms with E-state index in [2.05, 4.69) is 25.8 Å². The number of benzene rings is 3. The molecule has 1 amide bonds. The molecule has 8 heteroatoms. The van der Waals surface area contributed by atoms with Gasteiger partial charge in [0.15, 0.2) is 5.13 Å². The molecule has 0 spiro atoms. The summed E-state index contributed by atoms with van der Waals surface area (Å²) in [7, 11) is 1.50. The molecule has 6 nitrogen and oxygen atoms in total. The van der Waals surface area contributed by atoms with Gasteiger partial charge in [-0.15, -0.1) is 0 Å². The fourth-order valence-electron chi connectivity index (χ4n) is 4.43. The lowest BCUT2D eigenvalue weighted by molar-refractivity contribution is -0.132. The summed E-state index contributed by atoms with van der Waals surface area (Å²) in [6.07, 6.45) is 0. The standard InChI is InChI=1S/C29H25FN2O4S/c1-29(2,3)18-10-8-16(9-11-18)24-23(25(33)17-6-5-7-20(14-17)36-4)26(34)27(35)32(24)28-31-21-13-12-19(30)15-22(21)37-28/h5-15,24,33H,1-4H3/b25-23+. The average Bonchev–Trinajstić information content (AvgIpc) is 3.40. The van der Waals surface area contributed by atoms with E-state index in [1.165, 1.54) is 30.2 Å². The molecule has 1 aromatic heterocycles. The quantitative estimate of drug-likeness (QED) is 0.194. The Morgan fingerprint density at radius 3 is 2.46 bits per heavy atom. The molecule has 0 saturated carbocycles. The molecule has 1 saturated heterocycles. The molecule has 0 radical (unpaired) electrons. The summed E-state index contributed by atoms with van der Waals surface area (Å²) in [5.41, 5.74) is 2.43. The molecular formula is C29H25FN2O4S. The fourth-order valence-corrected chi connectivity index (χ4v) is 5.44. The van der Waals surface area contributed by atoms with Crippen LogP contribution >= 0.6 is 11.3 Å². The number of carbonyl (C=O) groups excluding carboxylic acids is 2. The molecule has 1 aliphatic rings. The van der Waals surface area contributed by atoms with Crippen LogP contribution in [0.1, 0.15) is 43.5 Å². The van der Waals surface area contributed by atoms with Crippen molar-refractivity contribution >= 4 is 44.1 Å². The molecular weight excluding hydrogens is 491 g/mol. The molecule has 5 rings (SSSR count). The Kier molecular flexibility index (Phi) is 6.07. The molecule has 1 fully saturated rings. The van der Waals surface area contributed by atoms with Gasteiger partial charge < -0.3 is 9.84 Å². The summed E-state index contributed by atoms with van der Waals surface area (Å²) in [6, 6.07) is 17.5. The molecule has 1 atom stereocenters. The topological polar surface area (TPSA) is 79.7 Å². The monoisotopic (exact) mass is 516 g/mol. The van der Waals surface area contributed by atoms with E-state index in [1.807, 2.05) is 24.3 Å². The smallest absolute Gasteiger partial charge is 0.301 e. The SMILES string of the molecule is COc1cccc(/C(O)=C2\C(=O)C(=O)N(c3nc4ccc(F)cc4s3)C2c2ccc(C(C)(C)C)cc2)c1. The minimum absolute atomic E-state index is 0.0489. The Morgan fingerprint density at radius 1 is 1.05 bits per heavy atom. The third-order valence-corrected chi connectivity index (χ3v) is 7.44. The molecule has 37 heavy (non-hydrogen) atoms. The van der Waals surface area contributed by atoms with Crippen LogP contribution in [0.3, 0.4) is 0 Å². The van der Waals surface area contributed by atoms with Gasteiger partial charge in [-0.25, -0.2) is 9.37 Å². The fraction of sp³-hybridized carbons (Fsp3) is 0.207. The Bertz CT molecular complexity index is 1570. The first kappa shape index (κ1) is 24.6. The number of Topliss-reactive ketones (excluding diaryl/α,β-unsaturated/α-hetero) is 1. The van der Waals surface area contributed by atoms with E-state index in [0.717, 1.165) is 16.9 Å². The van der Waals surface area contributed by atoms with E-state index in [4.69, 9.17) is 4.74 Å². The summed E-state index contributed by atoms with van der Waals surface area (Å²) in [6.45, 7) is 6.28. The predicted molar refractivity (Wildman–Crippen MR) is 142 cm³/mol. The third kappa shape index (κ3) is 4.38. The maximum Gasteiger partial charge on any atom is 0.301 e. The van der Waals surface area contributed by atoms with Crippen molar-refractivity contribution in [2.75, 3.05) is 12.0 Å². The number of halogens is 1. The zero-order valence-electron chi connectivity index (χ0n) is 20.8. The van der Waals surface area contributed by atoms with E-state index < -0.39 is 23.5 Å². The Hall–Kier alpha value is -4.04. The number of ether oxygens (including phenoxy) is 1. The van der Waals surface area contributed by atoms with Crippen molar-refractivity contribution in [2.45, 2.75) is 32.2 Å². The molecule has 4 aromatic rings. The van der Waals surface area contributed by atoms with Gasteiger partial charge in [0.05, 0.1) is 28.9 Å². The lowest BCUT2D eigenvalue weighted by atomic mass is 9.85. The molecule has 1 unspecified atom stereocenters. The van der Waals surface area contributed by atoms with Crippen molar-refractivity contribution in [2.24, 2.45) is 0 Å². The van der Waals surface area contributed by atoms with Crippen molar-refractivity contribution in [3.05, 3.63) is 94.8 Å². The maximum atomic E-state index is 13.8. The second kappa shape index (κ2) is 9.12. The number of hydrogen-bond acceptors (Lipinski definition) is 6. The van der Waals surface area contributed by atoms with Crippen molar-refractivity contribution < 1.29 is 23.8 Å². The highest BCUT2D eigenvalue weighted by atomic mass is 32.1. The number of methoxy groups -OCH3 is 1. The van der Waals surface area contributed by atoms with Crippen LogP contribution in [-0.4, -0.2) is 28.9 Å². The highest BCUT2D eigenvalue weighted by Gasteiger charge is 2.48. The van der Waals surface area contributed by atoms with Crippen LogP contribution in [0.25, 0.3) is 16.0 Å². The van der Waals surface area contributed by atoms with E-state index >= 15 is 0 Å². The zero-order chi connectivity index (χ0) is 26.5. The van der Waals surface area contributed by atoms with E-state index in [9.17, 15) is 19.1 Å².